The van der Waals surface area contributed by atoms with Gasteiger partial charge in [-0.1, -0.05) is 44.2 Å². The van der Waals surface area contributed by atoms with E-state index in [1.807, 2.05) is 41.3 Å². The minimum atomic E-state index is -0.999. The van der Waals surface area contributed by atoms with Crippen LogP contribution < -0.4 is 10.5 Å². The van der Waals surface area contributed by atoms with E-state index in [1.54, 1.807) is 26.0 Å². The Balaban J connectivity index is 1.50. The highest BCUT2D eigenvalue weighted by molar-refractivity contribution is 5.94. The van der Waals surface area contributed by atoms with E-state index in [-0.39, 0.29) is 17.5 Å². The molecule has 1 aromatic heterocycles. The summed E-state index contributed by atoms with van der Waals surface area (Å²) in [6, 6.07) is 15.7. The van der Waals surface area contributed by atoms with E-state index in [9.17, 15) is 14.0 Å². The zero-order chi connectivity index (χ0) is 24.7. The van der Waals surface area contributed by atoms with Crippen molar-refractivity contribution in [1.82, 2.24) is 9.88 Å². The minimum Gasteiger partial charge on any atom is -0.435 e. The summed E-state index contributed by atoms with van der Waals surface area (Å²) in [5.41, 5.74) is 8.05. The number of fused-ring (bicyclic) bond motifs is 2. The molecule has 6 nitrogen and oxygen atoms in total. The number of nitrogens with zero attached hydrogens (tertiary/aromatic N) is 2. The summed E-state index contributed by atoms with van der Waals surface area (Å²) in [5.74, 6) is -1.18. The monoisotopic (exact) mass is 473 g/mol. The van der Waals surface area contributed by atoms with Gasteiger partial charge in [0.15, 0.2) is 11.6 Å². The zero-order valence-electron chi connectivity index (χ0n) is 19.9. The van der Waals surface area contributed by atoms with Crippen LogP contribution >= 0.6 is 0 Å². The summed E-state index contributed by atoms with van der Waals surface area (Å²) in [6.45, 7) is 5.09. The number of primary amides is 1. The minimum absolute atomic E-state index is 0.0431. The van der Waals surface area contributed by atoms with Gasteiger partial charge in [0, 0.05) is 41.3 Å². The van der Waals surface area contributed by atoms with Crippen LogP contribution in [0.4, 0.5) is 4.39 Å². The van der Waals surface area contributed by atoms with Gasteiger partial charge in [0.05, 0.1) is 11.1 Å². The third-order valence-corrected chi connectivity index (χ3v) is 7.14. The summed E-state index contributed by atoms with van der Waals surface area (Å²) in [4.78, 5) is 31.7. The van der Waals surface area contributed by atoms with E-state index >= 15 is 0 Å². The molecule has 180 valence electrons. The summed E-state index contributed by atoms with van der Waals surface area (Å²) >= 11 is 0. The number of piperidine rings is 1. The van der Waals surface area contributed by atoms with Crippen LogP contribution in [0, 0.1) is 11.2 Å². The SMILES string of the molecule is CC(C)(C(N)=O)[C@@H]1c2ccc(-c3ccc(C(=O)N4CCCCC4)cc3)nc2Oc2c(F)cccc21. The average Bonchev–Trinajstić information content (AvgIpc) is 2.87. The fourth-order valence-corrected chi connectivity index (χ4v) is 5.02. The van der Waals surface area contributed by atoms with Gasteiger partial charge in [-0.3, -0.25) is 9.59 Å². The molecule has 1 atom stereocenters. The fourth-order valence-electron chi connectivity index (χ4n) is 5.02. The number of amides is 2. The third-order valence-electron chi connectivity index (χ3n) is 7.14. The van der Waals surface area contributed by atoms with Crippen molar-refractivity contribution in [3.63, 3.8) is 0 Å². The maximum atomic E-state index is 14.7. The van der Waals surface area contributed by atoms with Gasteiger partial charge in [-0.25, -0.2) is 9.37 Å². The first-order valence-corrected chi connectivity index (χ1v) is 11.9. The van der Waals surface area contributed by atoms with Crippen molar-refractivity contribution < 1.29 is 18.7 Å². The molecule has 0 radical (unpaired) electrons. The maximum absolute atomic E-state index is 14.7. The van der Waals surface area contributed by atoms with E-state index in [0.29, 0.717) is 22.4 Å². The number of nitrogens with two attached hydrogens (primary N) is 1. The van der Waals surface area contributed by atoms with Gasteiger partial charge >= 0.3 is 0 Å². The first-order chi connectivity index (χ1) is 16.8. The van der Waals surface area contributed by atoms with Crippen LogP contribution in [0.2, 0.25) is 0 Å². The second kappa shape index (κ2) is 8.80. The molecule has 7 heteroatoms. The van der Waals surface area contributed by atoms with Crippen molar-refractivity contribution in [3.8, 4) is 22.9 Å². The van der Waals surface area contributed by atoms with Crippen LogP contribution in [0.5, 0.6) is 11.6 Å². The van der Waals surface area contributed by atoms with Gasteiger partial charge in [-0.2, -0.15) is 0 Å². The quantitative estimate of drug-likeness (QED) is 0.560. The van der Waals surface area contributed by atoms with Gasteiger partial charge < -0.3 is 15.4 Å². The molecule has 0 unspecified atom stereocenters. The van der Waals surface area contributed by atoms with Gasteiger partial charge in [0.2, 0.25) is 11.8 Å². The molecule has 35 heavy (non-hydrogen) atoms. The standard InChI is InChI=1S/C28H28FN3O3/c1-28(2,27(30)34)23-19-7-6-8-21(29)24(19)35-25-20(23)13-14-22(31-25)17-9-11-18(12-10-17)26(33)32-15-4-3-5-16-32/h6-14,23H,3-5,15-16H2,1-2H3,(H2,30,34)/t23-/m0/s1. The number of benzene rings is 2. The third kappa shape index (κ3) is 4.05. The molecule has 2 amide bonds. The Kier molecular flexibility index (Phi) is 5.79. The van der Waals surface area contributed by atoms with E-state index < -0.39 is 23.1 Å². The largest absolute Gasteiger partial charge is 0.435 e. The molecular weight excluding hydrogens is 445 g/mol. The average molecular weight is 474 g/mol. The molecule has 2 aliphatic rings. The first kappa shape index (κ1) is 23.0. The number of rotatable bonds is 4. The van der Waals surface area contributed by atoms with Crippen molar-refractivity contribution in [2.75, 3.05) is 13.1 Å². The van der Waals surface area contributed by atoms with Crippen molar-refractivity contribution in [2.24, 2.45) is 11.1 Å². The topological polar surface area (TPSA) is 85.5 Å². The second-order valence-electron chi connectivity index (χ2n) is 9.80. The number of aromatic nitrogens is 1. The lowest BCUT2D eigenvalue weighted by molar-refractivity contribution is -0.126. The summed E-state index contributed by atoms with van der Waals surface area (Å²) in [5, 5.41) is 0. The number of pyridine rings is 1. The molecular formula is C28H28FN3O3. The Labute approximate surface area is 203 Å². The fraction of sp³-hybridized carbons (Fsp3) is 0.321. The van der Waals surface area contributed by atoms with Crippen molar-refractivity contribution in [3.05, 3.63) is 77.1 Å². The van der Waals surface area contributed by atoms with Gasteiger partial charge in [-0.15, -0.1) is 0 Å². The molecule has 0 saturated carbocycles. The molecule has 3 aromatic rings. The first-order valence-electron chi connectivity index (χ1n) is 11.9. The molecule has 1 fully saturated rings. The molecule has 1 saturated heterocycles. The van der Waals surface area contributed by atoms with Crippen molar-refractivity contribution in [2.45, 2.75) is 39.0 Å². The van der Waals surface area contributed by atoms with Gasteiger partial charge in [-0.05, 0) is 43.5 Å². The Hall–Kier alpha value is -3.74. The lowest BCUT2D eigenvalue weighted by Crippen LogP contribution is -2.38. The zero-order valence-corrected chi connectivity index (χ0v) is 19.9. The number of halogens is 1. The number of carbonyl (C=O) groups excluding carboxylic acids is 2. The highest BCUT2D eigenvalue weighted by Crippen LogP contribution is 2.52. The van der Waals surface area contributed by atoms with Crippen molar-refractivity contribution in [1.29, 1.82) is 0 Å². The number of ether oxygens (including phenoxy) is 1. The molecule has 2 aliphatic heterocycles. The predicted molar refractivity (Wildman–Crippen MR) is 131 cm³/mol. The van der Waals surface area contributed by atoms with Gasteiger partial charge in [0.25, 0.3) is 5.91 Å². The van der Waals surface area contributed by atoms with E-state index in [4.69, 9.17) is 10.5 Å². The predicted octanol–water partition coefficient (Wildman–Crippen LogP) is 5.26. The van der Waals surface area contributed by atoms with Crippen LogP contribution in [-0.4, -0.2) is 34.8 Å². The number of hydrogen-bond donors (Lipinski definition) is 1. The van der Waals surface area contributed by atoms with Gasteiger partial charge in [0.1, 0.15) is 0 Å². The molecule has 2 N–H and O–H groups in total. The summed E-state index contributed by atoms with van der Waals surface area (Å²) in [7, 11) is 0. The Morgan fingerprint density at radius 1 is 1.00 bits per heavy atom. The summed E-state index contributed by atoms with van der Waals surface area (Å²) in [6.07, 6.45) is 3.25. The smallest absolute Gasteiger partial charge is 0.253 e. The van der Waals surface area contributed by atoms with Crippen LogP contribution in [0.15, 0.2) is 54.6 Å². The van der Waals surface area contributed by atoms with E-state index in [0.717, 1.165) is 31.5 Å². The normalized spacial score (nSPS) is 17.2. The number of likely N-dealkylation sites (tertiary alicyclic amines) is 1. The molecule has 3 heterocycles. The molecule has 0 bridgehead atoms. The van der Waals surface area contributed by atoms with Crippen LogP contribution in [0.25, 0.3) is 11.3 Å². The molecule has 0 spiro atoms. The number of para-hydroxylation sites is 1. The number of carbonyl (C=O) groups is 2. The highest BCUT2D eigenvalue weighted by atomic mass is 19.1. The van der Waals surface area contributed by atoms with Crippen molar-refractivity contribution >= 4 is 11.8 Å². The lowest BCUT2D eigenvalue weighted by Gasteiger charge is -2.36. The summed E-state index contributed by atoms with van der Waals surface area (Å²) < 4.78 is 20.6. The Morgan fingerprint density at radius 2 is 1.71 bits per heavy atom. The second-order valence-corrected chi connectivity index (χ2v) is 9.80. The molecule has 0 aliphatic carbocycles. The van der Waals surface area contributed by atoms with Crippen LogP contribution in [0.3, 0.4) is 0 Å². The van der Waals surface area contributed by atoms with E-state index in [1.165, 1.54) is 12.5 Å². The Morgan fingerprint density at radius 3 is 2.40 bits per heavy atom. The lowest BCUT2D eigenvalue weighted by atomic mass is 9.70. The maximum Gasteiger partial charge on any atom is 0.253 e. The van der Waals surface area contributed by atoms with E-state index in [2.05, 4.69) is 4.98 Å². The number of hydrogen-bond acceptors (Lipinski definition) is 4. The van der Waals surface area contributed by atoms with Crippen LogP contribution in [-0.2, 0) is 4.79 Å². The van der Waals surface area contributed by atoms with Crippen LogP contribution in [0.1, 0.15) is 60.5 Å². The highest BCUT2D eigenvalue weighted by Gasteiger charge is 2.43. The molecule has 5 rings (SSSR count). The molecule has 2 aromatic carbocycles. The Bertz CT molecular complexity index is 1300.